The van der Waals surface area contributed by atoms with Gasteiger partial charge in [-0.1, -0.05) is 32.6 Å². The second kappa shape index (κ2) is 7.13. The van der Waals surface area contributed by atoms with Gasteiger partial charge in [-0.2, -0.15) is 0 Å². The zero-order valence-corrected chi connectivity index (χ0v) is 11.8. The van der Waals surface area contributed by atoms with E-state index in [0.717, 1.165) is 51.4 Å². The summed E-state index contributed by atoms with van der Waals surface area (Å²) in [5.41, 5.74) is 0. The summed E-state index contributed by atoms with van der Waals surface area (Å²) in [5, 5.41) is 3.37. The Morgan fingerprint density at radius 2 is 2.00 bits per heavy atom. The SMILES string of the molecule is CCC(CC1CCCC1)C(=O)N1CCCNCC1. The first kappa shape index (κ1) is 13.9. The summed E-state index contributed by atoms with van der Waals surface area (Å²) in [5.74, 6) is 1.53. The molecule has 1 saturated carbocycles. The van der Waals surface area contributed by atoms with Crippen LogP contribution in [0.25, 0.3) is 0 Å². The average Bonchev–Trinajstić information content (AvgIpc) is 2.75. The molecule has 0 radical (unpaired) electrons. The van der Waals surface area contributed by atoms with Crippen LogP contribution in [0.4, 0.5) is 0 Å². The number of rotatable bonds is 4. The van der Waals surface area contributed by atoms with E-state index >= 15 is 0 Å². The fraction of sp³-hybridized carbons (Fsp3) is 0.933. The van der Waals surface area contributed by atoms with E-state index in [1.165, 1.54) is 25.7 Å². The Morgan fingerprint density at radius 3 is 2.72 bits per heavy atom. The van der Waals surface area contributed by atoms with Gasteiger partial charge in [-0.25, -0.2) is 0 Å². The van der Waals surface area contributed by atoms with Crippen molar-refractivity contribution in [2.45, 2.75) is 51.9 Å². The van der Waals surface area contributed by atoms with Crippen molar-refractivity contribution >= 4 is 5.91 Å². The van der Waals surface area contributed by atoms with Gasteiger partial charge in [0, 0.05) is 25.6 Å². The lowest BCUT2D eigenvalue weighted by Crippen LogP contribution is -2.38. The van der Waals surface area contributed by atoms with Crippen LogP contribution in [0.5, 0.6) is 0 Å². The van der Waals surface area contributed by atoms with Gasteiger partial charge in [-0.3, -0.25) is 4.79 Å². The molecular formula is C15H28N2O. The van der Waals surface area contributed by atoms with E-state index in [0.29, 0.717) is 5.91 Å². The number of carbonyl (C=O) groups is 1. The zero-order valence-electron chi connectivity index (χ0n) is 11.8. The third kappa shape index (κ3) is 3.71. The van der Waals surface area contributed by atoms with Crippen molar-refractivity contribution in [2.75, 3.05) is 26.2 Å². The van der Waals surface area contributed by atoms with Crippen molar-refractivity contribution in [3.05, 3.63) is 0 Å². The lowest BCUT2D eigenvalue weighted by Gasteiger charge is -2.26. The highest BCUT2D eigenvalue weighted by molar-refractivity contribution is 5.78. The van der Waals surface area contributed by atoms with Gasteiger partial charge in [-0.15, -0.1) is 0 Å². The van der Waals surface area contributed by atoms with Crippen LogP contribution in [0.2, 0.25) is 0 Å². The van der Waals surface area contributed by atoms with Gasteiger partial charge in [0.15, 0.2) is 0 Å². The normalized spacial score (nSPS) is 23.9. The lowest BCUT2D eigenvalue weighted by molar-refractivity contribution is -0.136. The monoisotopic (exact) mass is 252 g/mol. The maximum absolute atomic E-state index is 12.6. The van der Waals surface area contributed by atoms with Crippen LogP contribution in [-0.2, 0) is 4.79 Å². The number of nitrogens with one attached hydrogen (secondary N) is 1. The van der Waals surface area contributed by atoms with Crippen molar-refractivity contribution < 1.29 is 4.79 Å². The molecule has 2 fully saturated rings. The fourth-order valence-electron chi connectivity index (χ4n) is 3.41. The highest BCUT2D eigenvalue weighted by atomic mass is 16.2. The largest absolute Gasteiger partial charge is 0.341 e. The second-order valence-corrected chi connectivity index (χ2v) is 5.92. The smallest absolute Gasteiger partial charge is 0.225 e. The van der Waals surface area contributed by atoms with Gasteiger partial charge in [0.05, 0.1) is 0 Å². The maximum Gasteiger partial charge on any atom is 0.225 e. The Labute approximate surface area is 111 Å². The Kier molecular flexibility index (Phi) is 5.48. The molecule has 18 heavy (non-hydrogen) atoms. The average molecular weight is 252 g/mol. The molecule has 1 aliphatic heterocycles. The number of hydrogen-bond donors (Lipinski definition) is 1. The summed E-state index contributed by atoms with van der Waals surface area (Å²) in [7, 11) is 0. The minimum absolute atomic E-state index is 0.284. The molecule has 0 bridgehead atoms. The summed E-state index contributed by atoms with van der Waals surface area (Å²) < 4.78 is 0. The van der Waals surface area contributed by atoms with Crippen molar-refractivity contribution in [2.24, 2.45) is 11.8 Å². The Morgan fingerprint density at radius 1 is 1.22 bits per heavy atom. The fourth-order valence-corrected chi connectivity index (χ4v) is 3.41. The van der Waals surface area contributed by atoms with E-state index in [1.807, 2.05) is 0 Å². The minimum Gasteiger partial charge on any atom is -0.341 e. The maximum atomic E-state index is 12.6. The van der Waals surface area contributed by atoms with Gasteiger partial charge in [0.1, 0.15) is 0 Å². The molecule has 0 aromatic heterocycles. The van der Waals surface area contributed by atoms with Gasteiger partial charge >= 0.3 is 0 Å². The van der Waals surface area contributed by atoms with Crippen LogP contribution in [0, 0.1) is 11.8 Å². The molecule has 3 nitrogen and oxygen atoms in total. The van der Waals surface area contributed by atoms with E-state index in [1.54, 1.807) is 0 Å². The van der Waals surface area contributed by atoms with Crippen molar-refractivity contribution in [3.63, 3.8) is 0 Å². The molecule has 104 valence electrons. The minimum atomic E-state index is 0.284. The van der Waals surface area contributed by atoms with Crippen molar-refractivity contribution in [3.8, 4) is 0 Å². The Balaban J connectivity index is 1.86. The third-order valence-corrected chi connectivity index (χ3v) is 4.59. The Hall–Kier alpha value is -0.570. The van der Waals surface area contributed by atoms with E-state index in [-0.39, 0.29) is 5.92 Å². The molecule has 0 spiro atoms. The highest BCUT2D eigenvalue weighted by Gasteiger charge is 2.27. The molecule has 1 N–H and O–H groups in total. The van der Waals surface area contributed by atoms with Gasteiger partial charge in [0.2, 0.25) is 5.91 Å². The molecule has 3 heteroatoms. The molecule has 2 aliphatic rings. The van der Waals surface area contributed by atoms with Crippen LogP contribution in [0.1, 0.15) is 51.9 Å². The number of nitrogens with zero attached hydrogens (tertiary/aromatic N) is 1. The van der Waals surface area contributed by atoms with E-state index in [9.17, 15) is 4.79 Å². The van der Waals surface area contributed by atoms with Crippen molar-refractivity contribution in [1.82, 2.24) is 10.2 Å². The third-order valence-electron chi connectivity index (χ3n) is 4.59. The van der Waals surface area contributed by atoms with Gasteiger partial charge in [-0.05, 0) is 31.7 Å². The lowest BCUT2D eigenvalue weighted by atomic mass is 9.90. The molecule has 1 heterocycles. The molecule has 1 saturated heterocycles. The standard InChI is InChI=1S/C15H28N2O/c1-2-14(12-13-6-3-4-7-13)15(18)17-10-5-8-16-9-11-17/h13-14,16H,2-12H2,1H3. The predicted molar refractivity (Wildman–Crippen MR) is 74.4 cm³/mol. The van der Waals surface area contributed by atoms with E-state index < -0.39 is 0 Å². The van der Waals surface area contributed by atoms with E-state index in [4.69, 9.17) is 0 Å². The quantitative estimate of drug-likeness (QED) is 0.833. The summed E-state index contributed by atoms with van der Waals surface area (Å²) in [6.07, 6.45) is 8.71. The summed E-state index contributed by atoms with van der Waals surface area (Å²) in [4.78, 5) is 14.7. The van der Waals surface area contributed by atoms with Crippen LogP contribution < -0.4 is 5.32 Å². The summed E-state index contributed by atoms with van der Waals surface area (Å²) in [6.45, 7) is 6.05. The first-order valence-electron chi connectivity index (χ1n) is 7.80. The number of carbonyl (C=O) groups excluding carboxylic acids is 1. The molecule has 1 aliphatic carbocycles. The van der Waals surface area contributed by atoms with Gasteiger partial charge in [0.25, 0.3) is 0 Å². The molecule has 2 rings (SSSR count). The van der Waals surface area contributed by atoms with Crippen LogP contribution in [0.3, 0.4) is 0 Å². The van der Waals surface area contributed by atoms with E-state index in [2.05, 4.69) is 17.1 Å². The molecule has 0 aromatic rings. The molecule has 1 atom stereocenters. The number of hydrogen-bond acceptors (Lipinski definition) is 2. The van der Waals surface area contributed by atoms with Crippen LogP contribution >= 0.6 is 0 Å². The Bertz CT molecular complexity index is 253. The molecule has 0 aromatic carbocycles. The topological polar surface area (TPSA) is 32.3 Å². The molecule has 1 unspecified atom stereocenters. The zero-order chi connectivity index (χ0) is 12.8. The number of amides is 1. The first-order valence-corrected chi connectivity index (χ1v) is 7.80. The van der Waals surface area contributed by atoms with Crippen LogP contribution in [-0.4, -0.2) is 37.0 Å². The van der Waals surface area contributed by atoms with Crippen LogP contribution in [0.15, 0.2) is 0 Å². The molecular weight excluding hydrogens is 224 g/mol. The first-order chi connectivity index (χ1) is 8.81. The summed E-state index contributed by atoms with van der Waals surface area (Å²) >= 11 is 0. The second-order valence-electron chi connectivity index (χ2n) is 5.92. The van der Waals surface area contributed by atoms with Crippen molar-refractivity contribution in [1.29, 1.82) is 0 Å². The summed E-state index contributed by atoms with van der Waals surface area (Å²) in [6, 6.07) is 0. The van der Waals surface area contributed by atoms with Gasteiger partial charge < -0.3 is 10.2 Å². The predicted octanol–water partition coefficient (Wildman–Crippen LogP) is 2.41. The highest BCUT2D eigenvalue weighted by Crippen LogP contribution is 2.32. The molecule has 1 amide bonds.